The fourth-order valence-electron chi connectivity index (χ4n) is 1.77. The predicted octanol–water partition coefficient (Wildman–Crippen LogP) is 2.93. The molecule has 1 aromatic carbocycles. The van der Waals surface area contributed by atoms with Crippen molar-refractivity contribution in [2.75, 3.05) is 0 Å². The van der Waals surface area contributed by atoms with Crippen LogP contribution in [-0.4, -0.2) is 0 Å². The van der Waals surface area contributed by atoms with E-state index in [2.05, 4.69) is 0 Å². The van der Waals surface area contributed by atoms with Crippen LogP contribution < -0.4 is 5.73 Å². The molecule has 1 nitrogen and oxygen atoms in total. The highest BCUT2D eigenvalue weighted by atomic mass is 19.1. The largest absolute Gasteiger partial charge is 0.324 e. The number of hydrogen-bond acceptors (Lipinski definition) is 1. The summed E-state index contributed by atoms with van der Waals surface area (Å²) in [5.41, 5.74) is 7.56. The smallest absolute Gasteiger partial charge is 0.128 e. The highest BCUT2D eigenvalue weighted by molar-refractivity contribution is 5.26. The number of hydrogen-bond donors (Lipinski definition) is 1. The van der Waals surface area contributed by atoms with Crippen LogP contribution in [0.15, 0.2) is 18.2 Å². The van der Waals surface area contributed by atoms with E-state index in [-0.39, 0.29) is 11.9 Å². The molecule has 2 heteroatoms. The Morgan fingerprint density at radius 2 is 2.21 bits per heavy atom. The number of halogens is 1. The van der Waals surface area contributed by atoms with Crippen LogP contribution in [0.2, 0.25) is 0 Å². The second-order valence-electron chi connectivity index (χ2n) is 4.31. The lowest BCUT2D eigenvalue weighted by Gasteiger charge is -2.12. The second-order valence-corrected chi connectivity index (χ2v) is 4.31. The van der Waals surface area contributed by atoms with Crippen molar-refractivity contribution in [3.05, 3.63) is 35.1 Å². The van der Waals surface area contributed by atoms with Crippen molar-refractivity contribution >= 4 is 0 Å². The molecule has 0 spiro atoms. The van der Waals surface area contributed by atoms with Crippen molar-refractivity contribution in [3.63, 3.8) is 0 Å². The van der Waals surface area contributed by atoms with Crippen LogP contribution in [0.5, 0.6) is 0 Å². The molecule has 1 fully saturated rings. The first-order valence-corrected chi connectivity index (χ1v) is 5.18. The zero-order valence-corrected chi connectivity index (χ0v) is 8.46. The number of aryl methyl sites for hydroxylation is 1. The molecule has 0 radical (unpaired) electrons. The van der Waals surface area contributed by atoms with Crippen LogP contribution >= 0.6 is 0 Å². The van der Waals surface area contributed by atoms with Gasteiger partial charge in [-0.1, -0.05) is 25.0 Å². The molecular formula is C12H16FN. The van der Waals surface area contributed by atoms with Gasteiger partial charge in [-0.2, -0.15) is 0 Å². The van der Waals surface area contributed by atoms with Gasteiger partial charge < -0.3 is 5.73 Å². The van der Waals surface area contributed by atoms with Gasteiger partial charge in [-0.25, -0.2) is 4.39 Å². The Morgan fingerprint density at radius 3 is 2.79 bits per heavy atom. The predicted molar refractivity (Wildman–Crippen MR) is 55.4 cm³/mol. The van der Waals surface area contributed by atoms with Crippen LogP contribution in [0.3, 0.4) is 0 Å². The van der Waals surface area contributed by atoms with Gasteiger partial charge in [-0.05, 0) is 30.9 Å². The summed E-state index contributed by atoms with van der Waals surface area (Å²) in [5.74, 6) is 0.587. The van der Waals surface area contributed by atoms with E-state index >= 15 is 0 Å². The van der Waals surface area contributed by atoms with Gasteiger partial charge in [0.05, 0.1) is 0 Å². The molecular weight excluding hydrogens is 177 g/mol. The van der Waals surface area contributed by atoms with Gasteiger partial charge in [0.2, 0.25) is 0 Å². The van der Waals surface area contributed by atoms with E-state index in [1.807, 2.05) is 19.1 Å². The molecule has 0 aromatic heterocycles. The van der Waals surface area contributed by atoms with Crippen LogP contribution in [0, 0.1) is 18.7 Å². The van der Waals surface area contributed by atoms with Gasteiger partial charge in [0.1, 0.15) is 5.82 Å². The lowest BCUT2D eigenvalue weighted by molar-refractivity contribution is 0.542. The Kier molecular flexibility index (Phi) is 2.55. The van der Waals surface area contributed by atoms with Crippen molar-refractivity contribution in [1.29, 1.82) is 0 Å². The third kappa shape index (κ3) is 2.13. The molecule has 1 aliphatic carbocycles. The maximum atomic E-state index is 13.5. The second kappa shape index (κ2) is 3.70. The van der Waals surface area contributed by atoms with Gasteiger partial charge in [-0.3, -0.25) is 0 Å². The minimum atomic E-state index is -0.154. The molecule has 1 aromatic rings. The molecule has 0 heterocycles. The summed E-state index contributed by atoms with van der Waals surface area (Å²) in [7, 11) is 0. The fraction of sp³-hybridized carbons (Fsp3) is 0.500. The van der Waals surface area contributed by atoms with E-state index in [0.29, 0.717) is 5.56 Å². The minimum Gasteiger partial charge on any atom is -0.324 e. The normalized spacial score (nSPS) is 18.2. The van der Waals surface area contributed by atoms with Crippen LogP contribution in [0.4, 0.5) is 4.39 Å². The van der Waals surface area contributed by atoms with E-state index < -0.39 is 0 Å². The van der Waals surface area contributed by atoms with Crippen molar-refractivity contribution in [1.82, 2.24) is 0 Å². The molecule has 1 atom stereocenters. The van der Waals surface area contributed by atoms with Gasteiger partial charge >= 0.3 is 0 Å². The first-order valence-electron chi connectivity index (χ1n) is 5.18. The highest BCUT2D eigenvalue weighted by Crippen LogP contribution is 2.37. The van der Waals surface area contributed by atoms with Gasteiger partial charge in [0.15, 0.2) is 0 Å². The van der Waals surface area contributed by atoms with Crippen molar-refractivity contribution in [2.45, 2.75) is 32.2 Å². The van der Waals surface area contributed by atoms with Crippen molar-refractivity contribution in [2.24, 2.45) is 11.7 Å². The summed E-state index contributed by atoms with van der Waals surface area (Å²) in [6.45, 7) is 1.89. The Balaban J connectivity index is 2.13. The molecule has 2 N–H and O–H groups in total. The summed E-state index contributed by atoms with van der Waals surface area (Å²) in [6, 6.07) is 5.17. The van der Waals surface area contributed by atoms with E-state index in [9.17, 15) is 4.39 Å². The molecule has 76 valence electrons. The summed E-state index contributed by atoms with van der Waals surface area (Å²) in [5, 5.41) is 0. The molecule has 0 saturated heterocycles. The summed E-state index contributed by atoms with van der Waals surface area (Å²) >= 11 is 0. The van der Waals surface area contributed by atoms with E-state index in [0.717, 1.165) is 17.9 Å². The van der Waals surface area contributed by atoms with E-state index in [1.54, 1.807) is 6.07 Å². The third-order valence-corrected chi connectivity index (χ3v) is 2.84. The van der Waals surface area contributed by atoms with Crippen LogP contribution in [-0.2, 0) is 0 Å². The third-order valence-electron chi connectivity index (χ3n) is 2.84. The maximum absolute atomic E-state index is 13.5. The monoisotopic (exact) mass is 193 g/mol. The topological polar surface area (TPSA) is 26.0 Å². The zero-order valence-electron chi connectivity index (χ0n) is 8.46. The molecule has 14 heavy (non-hydrogen) atoms. The SMILES string of the molecule is Cc1ccc([C@@H](N)CC2CC2)c(F)c1. The average molecular weight is 193 g/mol. The molecule has 1 aliphatic rings. The lowest BCUT2D eigenvalue weighted by Crippen LogP contribution is -2.12. The first kappa shape index (κ1) is 9.66. The highest BCUT2D eigenvalue weighted by Gasteiger charge is 2.25. The summed E-state index contributed by atoms with van der Waals surface area (Å²) in [4.78, 5) is 0. The van der Waals surface area contributed by atoms with Gasteiger partial charge in [-0.15, -0.1) is 0 Å². The molecule has 0 aliphatic heterocycles. The number of nitrogens with two attached hydrogens (primary N) is 1. The Labute approximate surface area is 84.1 Å². The van der Waals surface area contributed by atoms with Gasteiger partial charge in [0, 0.05) is 11.6 Å². The standard InChI is InChI=1S/C12H16FN/c1-8-2-5-10(11(13)6-8)12(14)7-9-3-4-9/h2,5-6,9,12H,3-4,7,14H2,1H3/t12-/m0/s1. The minimum absolute atomic E-state index is 0.122. The summed E-state index contributed by atoms with van der Waals surface area (Å²) in [6.07, 6.45) is 3.46. The Morgan fingerprint density at radius 1 is 1.50 bits per heavy atom. The number of benzene rings is 1. The van der Waals surface area contributed by atoms with E-state index in [4.69, 9.17) is 5.73 Å². The van der Waals surface area contributed by atoms with Crippen molar-refractivity contribution in [3.8, 4) is 0 Å². The quantitative estimate of drug-likeness (QED) is 0.784. The number of rotatable bonds is 3. The average Bonchev–Trinajstić information content (AvgIpc) is 2.87. The van der Waals surface area contributed by atoms with Crippen molar-refractivity contribution < 1.29 is 4.39 Å². The fourth-order valence-corrected chi connectivity index (χ4v) is 1.77. The molecule has 0 bridgehead atoms. The Hall–Kier alpha value is -0.890. The molecule has 0 amide bonds. The van der Waals surface area contributed by atoms with E-state index in [1.165, 1.54) is 12.8 Å². The lowest BCUT2D eigenvalue weighted by atomic mass is 10.0. The Bertz CT molecular complexity index is 331. The maximum Gasteiger partial charge on any atom is 0.128 e. The zero-order chi connectivity index (χ0) is 10.1. The molecule has 0 unspecified atom stereocenters. The molecule has 2 rings (SSSR count). The first-order chi connectivity index (χ1) is 6.66. The van der Waals surface area contributed by atoms with Gasteiger partial charge in [0.25, 0.3) is 0 Å². The summed E-state index contributed by atoms with van der Waals surface area (Å²) < 4.78 is 13.5. The molecule has 1 saturated carbocycles. The van der Waals surface area contributed by atoms with Crippen LogP contribution in [0.1, 0.15) is 36.4 Å². The van der Waals surface area contributed by atoms with Crippen LogP contribution in [0.25, 0.3) is 0 Å².